The van der Waals surface area contributed by atoms with Crippen LogP contribution in [-0.4, -0.2) is 22.9 Å². The van der Waals surface area contributed by atoms with Crippen LogP contribution < -0.4 is 15.1 Å². The van der Waals surface area contributed by atoms with Crippen LogP contribution in [0.5, 0.6) is 5.75 Å². The summed E-state index contributed by atoms with van der Waals surface area (Å²) in [6.45, 7) is 0. The van der Waals surface area contributed by atoms with Gasteiger partial charge in [-0.1, -0.05) is 35.3 Å². The van der Waals surface area contributed by atoms with Crippen molar-refractivity contribution in [3.05, 3.63) is 69.8 Å². The predicted molar refractivity (Wildman–Crippen MR) is 109 cm³/mol. The highest BCUT2D eigenvalue weighted by molar-refractivity contribution is 6.39. The molecule has 2 aromatic carbocycles. The van der Waals surface area contributed by atoms with Crippen LogP contribution in [-0.2, 0) is 0 Å². The molecule has 1 N–H and O–H groups in total. The molecule has 0 saturated heterocycles. The first-order chi connectivity index (χ1) is 13.5. The fourth-order valence-electron chi connectivity index (χ4n) is 2.63. The maximum Gasteiger partial charge on any atom is 0.247 e. The Hall–Kier alpha value is -3.34. The number of nitrogens with zero attached hydrogens (tertiary/aromatic N) is 5. The molecule has 0 spiro atoms. The highest BCUT2D eigenvalue weighted by Crippen LogP contribution is 2.34. The van der Waals surface area contributed by atoms with Gasteiger partial charge in [-0.05, 0) is 30.3 Å². The third kappa shape index (κ3) is 3.43. The monoisotopic (exact) mass is 410 g/mol. The molecule has 3 aromatic rings. The minimum atomic E-state index is 0.261. The molecule has 7 nitrogen and oxygen atoms in total. The second-order valence-corrected chi connectivity index (χ2v) is 6.64. The molecule has 28 heavy (non-hydrogen) atoms. The number of benzene rings is 2. The van der Waals surface area contributed by atoms with Crippen LogP contribution in [0.4, 0.5) is 17.5 Å². The van der Waals surface area contributed by atoms with E-state index in [-0.39, 0.29) is 5.90 Å². The third-order valence-corrected chi connectivity index (χ3v) is 4.54. The van der Waals surface area contributed by atoms with Crippen molar-refractivity contribution >= 4 is 46.6 Å². The summed E-state index contributed by atoms with van der Waals surface area (Å²) in [4.78, 5) is 8.71. The van der Waals surface area contributed by atoms with E-state index < -0.39 is 0 Å². The Kier molecular flexibility index (Phi) is 4.74. The molecule has 0 aliphatic carbocycles. The lowest BCUT2D eigenvalue weighted by Gasteiger charge is -2.24. The fourth-order valence-corrected chi connectivity index (χ4v) is 3.19. The van der Waals surface area contributed by atoms with Crippen LogP contribution in [0.3, 0.4) is 0 Å². The van der Waals surface area contributed by atoms with E-state index in [9.17, 15) is 0 Å². The second-order valence-electron chi connectivity index (χ2n) is 5.83. The van der Waals surface area contributed by atoms with Gasteiger partial charge in [0.1, 0.15) is 0 Å². The molecule has 9 heteroatoms. The molecular weight excluding hydrogens is 399 g/mol. The Bertz CT molecular complexity index is 1120. The van der Waals surface area contributed by atoms with E-state index in [1.807, 2.05) is 6.07 Å². The number of ether oxygens (including phenoxy) is 1. The molecule has 0 saturated carbocycles. The number of hydrazone groups is 1. The lowest BCUT2D eigenvalue weighted by molar-refractivity contribution is 0.525. The summed E-state index contributed by atoms with van der Waals surface area (Å²) in [5, 5.41) is 18.9. The van der Waals surface area contributed by atoms with E-state index in [2.05, 4.69) is 26.5 Å². The minimum absolute atomic E-state index is 0.261. The maximum atomic E-state index is 9.01. The van der Waals surface area contributed by atoms with Crippen LogP contribution in [0.15, 0.2) is 53.8 Å². The minimum Gasteiger partial charge on any atom is -0.431 e. The number of nitrogens with one attached hydrogen (secondary N) is 1. The summed E-state index contributed by atoms with van der Waals surface area (Å²) in [7, 11) is 1.74. The van der Waals surface area contributed by atoms with Crippen molar-refractivity contribution in [2.45, 2.75) is 0 Å². The zero-order valence-electron chi connectivity index (χ0n) is 14.5. The number of halogens is 2. The Morgan fingerprint density at radius 2 is 1.89 bits per heavy atom. The molecule has 0 radical (unpaired) electrons. The van der Waals surface area contributed by atoms with Crippen LogP contribution in [0, 0.1) is 11.3 Å². The van der Waals surface area contributed by atoms with Crippen molar-refractivity contribution in [3.63, 3.8) is 0 Å². The van der Waals surface area contributed by atoms with E-state index >= 15 is 0 Å². The Labute approximate surface area is 170 Å². The Balaban J connectivity index is 1.64. The van der Waals surface area contributed by atoms with E-state index in [1.54, 1.807) is 48.5 Å². The first-order valence-corrected chi connectivity index (χ1v) is 8.89. The quantitative estimate of drug-likeness (QED) is 0.679. The molecule has 0 fully saturated rings. The molecule has 2 heterocycles. The molecule has 1 aromatic heterocycles. The first-order valence-electron chi connectivity index (χ1n) is 8.14. The number of anilines is 3. The van der Waals surface area contributed by atoms with Gasteiger partial charge in [0.15, 0.2) is 11.6 Å². The lowest BCUT2D eigenvalue weighted by atomic mass is 10.2. The molecule has 138 valence electrons. The van der Waals surface area contributed by atoms with Crippen molar-refractivity contribution in [2.75, 3.05) is 17.4 Å². The van der Waals surface area contributed by atoms with Gasteiger partial charge in [-0.25, -0.2) is 9.99 Å². The number of aromatic nitrogens is 2. The molecule has 4 rings (SSSR count). The van der Waals surface area contributed by atoms with Crippen LogP contribution in [0.25, 0.3) is 0 Å². The van der Waals surface area contributed by atoms with Crippen molar-refractivity contribution in [1.82, 2.24) is 9.97 Å². The number of nitriles is 1. The number of rotatable bonds is 3. The summed E-state index contributed by atoms with van der Waals surface area (Å²) < 4.78 is 5.84. The van der Waals surface area contributed by atoms with Gasteiger partial charge >= 0.3 is 0 Å². The van der Waals surface area contributed by atoms with Crippen LogP contribution in [0.2, 0.25) is 10.0 Å². The Morgan fingerprint density at radius 1 is 1.14 bits per heavy atom. The van der Waals surface area contributed by atoms with Crippen molar-refractivity contribution < 1.29 is 4.74 Å². The predicted octanol–water partition coefficient (Wildman–Crippen LogP) is 4.59. The van der Waals surface area contributed by atoms with E-state index in [4.69, 9.17) is 33.2 Å². The normalized spacial score (nSPS) is 12.5. The van der Waals surface area contributed by atoms with Crippen LogP contribution in [0.1, 0.15) is 11.1 Å². The number of fused-ring (bicyclic) bond motifs is 1. The average molecular weight is 411 g/mol. The molecule has 1 aliphatic rings. The van der Waals surface area contributed by atoms with Gasteiger partial charge in [-0.15, -0.1) is 5.10 Å². The third-order valence-electron chi connectivity index (χ3n) is 3.91. The van der Waals surface area contributed by atoms with Gasteiger partial charge in [0.25, 0.3) is 0 Å². The summed E-state index contributed by atoms with van der Waals surface area (Å²) in [5.41, 5.74) is 1.73. The summed E-state index contributed by atoms with van der Waals surface area (Å²) in [5.74, 6) is 1.50. The summed E-state index contributed by atoms with van der Waals surface area (Å²) >= 11 is 12.5. The standard InChI is InChI=1S/C19H12Cl2N6O/c1-27-17-15(28-18(26-27)16-13(20)6-3-7-14(16)21)10-23-19(25-17)24-12-5-2-4-11(8-12)9-22/h2-8,10H,1H3,(H,23,24,25). The van der Waals surface area contributed by atoms with Crippen molar-refractivity contribution in [2.24, 2.45) is 5.10 Å². The second kappa shape index (κ2) is 7.35. The average Bonchev–Trinajstić information content (AvgIpc) is 2.68. The van der Waals surface area contributed by atoms with Crippen LogP contribution >= 0.6 is 23.2 Å². The molecule has 0 unspecified atom stereocenters. The Morgan fingerprint density at radius 3 is 2.64 bits per heavy atom. The largest absolute Gasteiger partial charge is 0.431 e. The van der Waals surface area contributed by atoms with E-state index in [0.29, 0.717) is 44.4 Å². The zero-order valence-corrected chi connectivity index (χ0v) is 16.0. The molecule has 0 atom stereocenters. The van der Waals surface area contributed by atoms with Crippen molar-refractivity contribution in [1.29, 1.82) is 5.26 Å². The molecule has 1 aliphatic heterocycles. The maximum absolute atomic E-state index is 9.01. The highest BCUT2D eigenvalue weighted by atomic mass is 35.5. The smallest absolute Gasteiger partial charge is 0.247 e. The van der Waals surface area contributed by atoms with Gasteiger partial charge in [0, 0.05) is 12.7 Å². The van der Waals surface area contributed by atoms with Gasteiger partial charge in [0.2, 0.25) is 11.8 Å². The molecule has 0 bridgehead atoms. The van der Waals surface area contributed by atoms with Gasteiger partial charge in [0.05, 0.1) is 33.4 Å². The number of hydrogen-bond acceptors (Lipinski definition) is 7. The number of hydrogen-bond donors (Lipinski definition) is 1. The van der Waals surface area contributed by atoms with Gasteiger partial charge in [-0.3, -0.25) is 0 Å². The SMILES string of the molecule is CN1N=C(c2c(Cl)cccc2Cl)Oc2cnc(Nc3cccc(C#N)c3)nc21. The fraction of sp³-hybridized carbons (Fsp3) is 0.0526. The highest BCUT2D eigenvalue weighted by Gasteiger charge is 2.25. The van der Waals surface area contributed by atoms with E-state index in [0.717, 1.165) is 0 Å². The van der Waals surface area contributed by atoms with E-state index in [1.165, 1.54) is 6.20 Å². The van der Waals surface area contributed by atoms with Gasteiger partial charge in [-0.2, -0.15) is 10.2 Å². The topological polar surface area (TPSA) is 86.4 Å². The molecular formula is C19H12Cl2N6O. The molecule has 0 amide bonds. The van der Waals surface area contributed by atoms with Crippen molar-refractivity contribution in [3.8, 4) is 11.8 Å². The van der Waals surface area contributed by atoms with Gasteiger partial charge < -0.3 is 10.1 Å². The lowest BCUT2D eigenvalue weighted by Crippen LogP contribution is -2.26. The summed E-state index contributed by atoms with van der Waals surface area (Å²) in [6.07, 6.45) is 1.54. The first kappa shape index (κ1) is 18.0. The summed E-state index contributed by atoms with van der Waals surface area (Å²) in [6, 6.07) is 14.3. The zero-order chi connectivity index (χ0) is 19.7.